The van der Waals surface area contributed by atoms with E-state index in [2.05, 4.69) is 0 Å². The van der Waals surface area contributed by atoms with E-state index in [0.717, 1.165) is 11.3 Å². The van der Waals surface area contributed by atoms with Crippen molar-refractivity contribution in [2.75, 3.05) is 11.4 Å². The molecule has 1 amide bonds. The lowest BCUT2D eigenvalue weighted by atomic mass is 9.86. The van der Waals surface area contributed by atoms with Crippen LogP contribution in [0.1, 0.15) is 26.3 Å². The zero-order valence-corrected chi connectivity index (χ0v) is 10.0. The summed E-state index contributed by atoms with van der Waals surface area (Å²) in [6.45, 7) is 6.44. The standard InChI is InChI=1S/C13H18N2O/c1-9(14)8-15-11-7-5-4-6-10(11)13(2,3)12(15)16/h4-7,9H,8,14H2,1-3H3/t9-/m1/s1. The van der Waals surface area contributed by atoms with Crippen LogP contribution in [0.4, 0.5) is 5.69 Å². The molecule has 16 heavy (non-hydrogen) atoms. The predicted molar refractivity (Wildman–Crippen MR) is 65.5 cm³/mol. The molecule has 0 radical (unpaired) electrons. The van der Waals surface area contributed by atoms with Gasteiger partial charge in [-0.3, -0.25) is 4.79 Å². The van der Waals surface area contributed by atoms with Crippen LogP contribution in [0.2, 0.25) is 0 Å². The van der Waals surface area contributed by atoms with Crippen LogP contribution in [-0.4, -0.2) is 18.5 Å². The van der Waals surface area contributed by atoms with Crippen LogP contribution in [0, 0.1) is 0 Å². The minimum atomic E-state index is -0.425. The molecule has 0 spiro atoms. The Balaban J connectivity index is 2.47. The molecule has 0 bridgehead atoms. The first-order valence-electron chi connectivity index (χ1n) is 5.61. The number of para-hydroxylation sites is 1. The van der Waals surface area contributed by atoms with Gasteiger partial charge in [0.2, 0.25) is 5.91 Å². The average Bonchev–Trinajstić information content (AvgIpc) is 2.41. The summed E-state index contributed by atoms with van der Waals surface area (Å²) in [6.07, 6.45) is 0. The van der Waals surface area contributed by atoms with Gasteiger partial charge in [0.05, 0.1) is 5.41 Å². The molecule has 1 aliphatic rings. The van der Waals surface area contributed by atoms with E-state index in [0.29, 0.717) is 6.54 Å². The first-order valence-corrected chi connectivity index (χ1v) is 5.61. The Morgan fingerprint density at radius 1 is 1.38 bits per heavy atom. The number of benzene rings is 1. The van der Waals surface area contributed by atoms with Gasteiger partial charge in [-0.1, -0.05) is 18.2 Å². The minimum absolute atomic E-state index is 0.00842. The first-order chi connectivity index (χ1) is 7.44. The third-order valence-electron chi connectivity index (χ3n) is 3.12. The lowest BCUT2D eigenvalue weighted by Crippen LogP contribution is -2.42. The van der Waals surface area contributed by atoms with Crippen molar-refractivity contribution in [3.8, 4) is 0 Å². The molecule has 2 N–H and O–H groups in total. The normalized spacial score (nSPS) is 19.8. The summed E-state index contributed by atoms with van der Waals surface area (Å²) in [5.74, 6) is 0.144. The molecule has 1 aromatic carbocycles. The number of anilines is 1. The van der Waals surface area contributed by atoms with Gasteiger partial charge >= 0.3 is 0 Å². The van der Waals surface area contributed by atoms with E-state index in [9.17, 15) is 4.79 Å². The van der Waals surface area contributed by atoms with Crippen molar-refractivity contribution in [2.24, 2.45) is 5.73 Å². The lowest BCUT2D eigenvalue weighted by Gasteiger charge is -2.22. The minimum Gasteiger partial charge on any atom is -0.326 e. The lowest BCUT2D eigenvalue weighted by molar-refractivity contribution is -0.122. The fourth-order valence-corrected chi connectivity index (χ4v) is 2.27. The molecule has 0 unspecified atom stereocenters. The molecule has 1 heterocycles. The summed E-state index contributed by atoms with van der Waals surface area (Å²) in [4.78, 5) is 14.1. The van der Waals surface area contributed by atoms with Gasteiger partial charge in [-0.15, -0.1) is 0 Å². The Morgan fingerprint density at radius 3 is 2.62 bits per heavy atom. The number of amides is 1. The van der Waals surface area contributed by atoms with E-state index in [1.807, 2.05) is 45.0 Å². The molecule has 3 nitrogen and oxygen atoms in total. The highest BCUT2D eigenvalue weighted by Crippen LogP contribution is 2.41. The number of carbonyl (C=O) groups excluding carboxylic acids is 1. The van der Waals surface area contributed by atoms with E-state index in [-0.39, 0.29) is 11.9 Å². The quantitative estimate of drug-likeness (QED) is 0.820. The molecule has 0 aliphatic carbocycles. The Labute approximate surface area is 96.2 Å². The number of hydrogen-bond donors (Lipinski definition) is 1. The number of hydrogen-bond acceptors (Lipinski definition) is 2. The van der Waals surface area contributed by atoms with Gasteiger partial charge in [-0.05, 0) is 32.4 Å². The van der Waals surface area contributed by atoms with Crippen LogP contribution in [0.25, 0.3) is 0 Å². The van der Waals surface area contributed by atoms with Crippen molar-refractivity contribution in [3.63, 3.8) is 0 Å². The van der Waals surface area contributed by atoms with Crippen molar-refractivity contribution in [2.45, 2.75) is 32.2 Å². The molecule has 1 atom stereocenters. The van der Waals surface area contributed by atoms with Crippen molar-refractivity contribution < 1.29 is 4.79 Å². The van der Waals surface area contributed by atoms with E-state index in [1.165, 1.54) is 0 Å². The Morgan fingerprint density at radius 2 is 2.00 bits per heavy atom. The van der Waals surface area contributed by atoms with Crippen LogP contribution in [0.3, 0.4) is 0 Å². The SMILES string of the molecule is C[C@@H](N)CN1C(=O)C(C)(C)c2ccccc21. The Kier molecular flexibility index (Phi) is 2.50. The second-order valence-corrected chi connectivity index (χ2v) is 5.04. The third-order valence-corrected chi connectivity index (χ3v) is 3.12. The van der Waals surface area contributed by atoms with Gasteiger partial charge in [0.25, 0.3) is 0 Å². The van der Waals surface area contributed by atoms with E-state index >= 15 is 0 Å². The first kappa shape index (κ1) is 11.1. The van der Waals surface area contributed by atoms with Crippen LogP contribution < -0.4 is 10.6 Å². The van der Waals surface area contributed by atoms with Crippen LogP contribution in [0.15, 0.2) is 24.3 Å². The van der Waals surface area contributed by atoms with Crippen molar-refractivity contribution >= 4 is 11.6 Å². The molecule has 1 aromatic rings. The van der Waals surface area contributed by atoms with Gasteiger partial charge in [0.1, 0.15) is 0 Å². The monoisotopic (exact) mass is 218 g/mol. The van der Waals surface area contributed by atoms with Crippen LogP contribution in [0.5, 0.6) is 0 Å². The molecular weight excluding hydrogens is 200 g/mol. The Bertz CT molecular complexity index is 424. The second-order valence-electron chi connectivity index (χ2n) is 5.04. The smallest absolute Gasteiger partial charge is 0.237 e. The molecule has 0 saturated carbocycles. The highest BCUT2D eigenvalue weighted by Gasteiger charge is 2.43. The molecule has 2 rings (SSSR count). The number of fused-ring (bicyclic) bond motifs is 1. The molecule has 3 heteroatoms. The Hall–Kier alpha value is -1.35. The number of nitrogens with two attached hydrogens (primary N) is 1. The largest absolute Gasteiger partial charge is 0.326 e. The fraction of sp³-hybridized carbons (Fsp3) is 0.462. The summed E-state index contributed by atoms with van der Waals surface area (Å²) in [6, 6.07) is 7.94. The van der Waals surface area contributed by atoms with Crippen LogP contribution >= 0.6 is 0 Å². The molecule has 0 saturated heterocycles. The summed E-state index contributed by atoms with van der Waals surface area (Å²) >= 11 is 0. The second kappa shape index (κ2) is 3.59. The van der Waals surface area contributed by atoms with Crippen molar-refractivity contribution in [1.29, 1.82) is 0 Å². The predicted octanol–water partition coefficient (Wildman–Crippen LogP) is 1.66. The zero-order chi connectivity index (χ0) is 11.9. The van der Waals surface area contributed by atoms with Gasteiger partial charge in [0, 0.05) is 18.3 Å². The van der Waals surface area contributed by atoms with Gasteiger partial charge in [-0.2, -0.15) is 0 Å². The van der Waals surface area contributed by atoms with Gasteiger partial charge in [-0.25, -0.2) is 0 Å². The molecule has 0 aromatic heterocycles. The van der Waals surface area contributed by atoms with Crippen LogP contribution in [-0.2, 0) is 10.2 Å². The fourth-order valence-electron chi connectivity index (χ4n) is 2.27. The maximum Gasteiger partial charge on any atom is 0.237 e. The summed E-state index contributed by atoms with van der Waals surface area (Å²) in [5.41, 5.74) is 7.47. The summed E-state index contributed by atoms with van der Waals surface area (Å²) in [7, 11) is 0. The molecular formula is C13H18N2O. The maximum absolute atomic E-state index is 12.3. The molecule has 86 valence electrons. The number of carbonyl (C=O) groups is 1. The number of rotatable bonds is 2. The van der Waals surface area contributed by atoms with E-state index in [4.69, 9.17) is 5.73 Å². The summed E-state index contributed by atoms with van der Waals surface area (Å²) in [5, 5.41) is 0. The summed E-state index contributed by atoms with van der Waals surface area (Å²) < 4.78 is 0. The topological polar surface area (TPSA) is 46.3 Å². The molecule has 0 fully saturated rings. The zero-order valence-electron chi connectivity index (χ0n) is 10.0. The van der Waals surface area contributed by atoms with Gasteiger partial charge < -0.3 is 10.6 Å². The van der Waals surface area contributed by atoms with E-state index in [1.54, 1.807) is 4.90 Å². The molecule has 1 aliphatic heterocycles. The maximum atomic E-state index is 12.3. The van der Waals surface area contributed by atoms with Crippen molar-refractivity contribution in [3.05, 3.63) is 29.8 Å². The number of nitrogens with zero attached hydrogens (tertiary/aromatic N) is 1. The highest BCUT2D eigenvalue weighted by atomic mass is 16.2. The highest BCUT2D eigenvalue weighted by molar-refractivity contribution is 6.07. The van der Waals surface area contributed by atoms with Crippen molar-refractivity contribution in [1.82, 2.24) is 0 Å². The third kappa shape index (κ3) is 1.52. The average molecular weight is 218 g/mol. The van der Waals surface area contributed by atoms with E-state index < -0.39 is 5.41 Å². The van der Waals surface area contributed by atoms with Gasteiger partial charge in [0.15, 0.2) is 0 Å².